The third-order valence-electron chi connectivity index (χ3n) is 4.81. The zero-order valence-electron chi connectivity index (χ0n) is 17.4. The van der Waals surface area contributed by atoms with Crippen LogP contribution in [0, 0.1) is 52.8 Å². The maximum atomic E-state index is 14.8. The summed E-state index contributed by atoms with van der Waals surface area (Å²) in [7, 11) is 0. The molecule has 34 heavy (non-hydrogen) atoms. The molecule has 0 heterocycles. The zero-order chi connectivity index (χ0) is 24.8. The lowest BCUT2D eigenvalue weighted by Crippen LogP contribution is -2.20. The molecule has 0 fully saturated rings. The van der Waals surface area contributed by atoms with Gasteiger partial charge in [-0.25, -0.2) is 22.0 Å². The number of terminal acetylenes is 1. The molecule has 170 valence electrons. The van der Waals surface area contributed by atoms with E-state index < -0.39 is 34.6 Å². The third kappa shape index (κ3) is 4.68. The number of anilines is 2. The first kappa shape index (κ1) is 24.6. The summed E-state index contributed by atoms with van der Waals surface area (Å²) in [5.74, 6) is -8.11. The monoisotopic (exact) mass is 482 g/mol. The maximum Gasteiger partial charge on any atom is 0.200 e. The smallest absolute Gasteiger partial charge is 0.200 e. The molecule has 0 aliphatic rings. The summed E-state index contributed by atoms with van der Waals surface area (Å²) < 4.78 is 71.2. The minimum Gasteiger partial charge on any atom is -0.335 e. The summed E-state index contributed by atoms with van der Waals surface area (Å²) in [6.07, 6.45) is 11.4. The van der Waals surface area contributed by atoms with Gasteiger partial charge in [-0.2, -0.15) is 5.26 Å². The van der Waals surface area contributed by atoms with E-state index in [2.05, 4.69) is 18.5 Å². The Kier molecular flexibility index (Phi) is 7.78. The van der Waals surface area contributed by atoms with Gasteiger partial charge in [0.25, 0.3) is 0 Å². The second-order valence-corrected chi connectivity index (χ2v) is 7.29. The van der Waals surface area contributed by atoms with E-state index in [9.17, 15) is 27.2 Å². The average Bonchev–Trinajstić information content (AvgIpc) is 2.84. The lowest BCUT2D eigenvalue weighted by Gasteiger charge is -2.28. The van der Waals surface area contributed by atoms with Crippen molar-refractivity contribution >= 4 is 24.0 Å². The van der Waals surface area contributed by atoms with Crippen molar-refractivity contribution in [2.24, 2.45) is 0 Å². The topological polar surface area (TPSA) is 27.0 Å². The van der Waals surface area contributed by atoms with Crippen LogP contribution in [-0.2, 0) is 0 Å². The summed E-state index contributed by atoms with van der Waals surface area (Å²) in [6.45, 7) is 0.0492. The predicted molar refractivity (Wildman–Crippen MR) is 124 cm³/mol. The Morgan fingerprint density at radius 3 is 2.15 bits per heavy atom. The van der Waals surface area contributed by atoms with Crippen LogP contribution >= 0.6 is 12.6 Å². The van der Waals surface area contributed by atoms with Crippen LogP contribution in [0.3, 0.4) is 0 Å². The normalized spacial score (nSPS) is 11.1. The van der Waals surface area contributed by atoms with Gasteiger partial charge in [-0.05, 0) is 24.3 Å². The molecule has 0 radical (unpaired) electrons. The van der Waals surface area contributed by atoms with E-state index in [1.165, 1.54) is 29.2 Å². The molecule has 0 N–H and O–H groups in total. The van der Waals surface area contributed by atoms with Crippen LogP contribution in [0.1, 0.15) is 5.56 Å². The fraction of sp³-hybridized carbons (Fsp3) is 0.0385. The minimum atomic E-state index is -2.27. The summed E-state index contributed by atoms with van der Waals surface area (Å²) in [4.78, 5) is 1.94. The highest BCUT2D eigenvalue weighted by Crippen LogP contribution is 2.42. The van der Waals surface area contributed by atoms with E-state index in [-0.39, 0.29) is 23.4 Å². The van der Waals surface area contributed by atoms with Crippen molar-refractivity contribution in [3.63, 3.8) is 0 Å². The van der Waals surface area contributed by atoms with Crippen LogP contribution in [-0.4, -0.2) is 6.54 Å². The molecular weight excluding hydrogens is 467 g/mol. The quantitative estimate of drug-likeness (QED) is 0.101. The molecule has 0 spiro atoms. The Balaban J connectivity index is 2.36. The van der Waals surface area contributed by atoms with Crippen LogP contribution in [0.25, 0.3) is 11.1 Å². The summed E-state index contributed by atoms with van der Waals surface area (Å²) in [5.41, 5.74) is -1.16. The van der Waals surface area contributed by atoms with Crippen LogP contribution < -0.4 is 4.90 Å². The molecule has 0 atom stereocenters. The Hall–Kier alpha value is -4.01. The molecule has 0 aliphatic carbocycles. The van der Waals surface area contributed by atoms with Crippen LogP contribution in [0.5, 0.6) is 0 Å². The van der Waals surface area contributed by atoms with Crippen molar-refractivity contribution in [2.45, 2.75) is 4.90 Å². The van der Waals surface area contributed by atoms with Gasteiger partial charge in [0.2, 0.25) is 5.82 Å². The fourth-order valence-corrected chi connectivity index (χ4v) is 3.61. The van der Waals surface area contributed by atoms with Gasteiger partial charge in [0.15, 0.2) is 23.3 Å². The molecule has 3 rings (SSSR count). The number of nitriles is 1. The van der Waals surface area contributed by atoms with Gasteiger partial charge in [0.05, 0.1) is 22.5 Å². The van der Waals surface area contributed by atoms with Crippen LogP contribution in [0.15, 0.2) is 71.7 Å². The third-order valence-corrected chi connectivity index (χ3v) is 5.18. The molecule has 0 unspecified atom stereocenters. The van der Waals surface area contributed by atoms with E-state index >= 15 is 0 Å². The summed E-state index contributed by atoms with van der Waals surface area (Å²) >= 11 is 4.43. The largest absolute Gasteiger partial charge is 0.335 e. The Labute approximate surface area is 198 Å². The van der Waals surface area contributed by atoms with Crippen molar-refractivity contribution in [1.29, 1.82) is 5.26 Å². The second kappa shape index (κ2) is 10.7. The van der Waals surface area contributed by atoms with Gasteiger partial charge in [0.1, 0.15) is 6.07 Å². The second-order valence-electron chi connectivity index (χ2n) is 6.81. The number of hydrogen-bond acceptors (Lipinski definition) is 3. The molecule has 3 aromatic rings. The molecule has 2 nitrogen and oxygen atoms in total. The van der Waals surface area contributed by atoms with Gasteiger partial charge < -0.3 is 4.90 Å². The van der Waals surface area contributed by atoms with E-state index in [1.54, 1.807) is 42.5 Å². The Morgan fingerprint density at radius 1 is 0.882 bits per heavy atom. The number of para-hydroxylation sites is 2. The number of benzene rings is 3. The van der Waals surface area contributed by atoms with E-state index in [0.717, 1.165) is 0 Å². The van der Waals surface area contributed by atoms with Crippen molar-refractivity contribution in [3.8, 4) is 29.5 Å². The lowest BCUT2D eigenvalue weighted by atomic mass is 9.97. The highest BCUT2D eigenvalue weighted by molar-refractivity contribution is 7.80. The van der Waals surface area contributed by atoms with Gasteiger partial charge in [-0.15, -0.1) is 19.1 Å². The predicted octanol–water partition coefficient (Wildman–Crippen LogP) is 7.09. The number of halogens is 5. The lowest BCUT2D eigenvalue weighted by molar-refractivity contribution is 0.381. The molecule has 3 aromatic carbocycles. The molecular formula is C26H15F5N2S. The number of allylic oxidation sites excluding steroid dienone is 3. The van der Waals surface area contributed by atoms with Crippen LogP contribution in [0.4, 0.5) is 33.3 Å². The van der Waals surface area contributed by atoms with Gasteiger partial charge in [-0.3, -0.25) is 0 Å². The van der Waals surface area contributed by atoms with E-state index in [4.69, 9.17) is 6.42 Å². The number of rotatable bonds is 6. The molecule has 0 aromatic heterocycles. The maximum absolute atomic E-state index is 14.8. The summed E-state index contributed by atoms with van der Waals surface area (Å²) in [5, 5.41) is 9.75. The van der Waals surface area contributed by atoms with E-state index in [1.807, 2.05) is 6.07 Å². The Bertz CT molecular complexity index is 1350. The average molecular weight is 482 g/mol. The molecule has 0 saturated heterocycles. The number of thiol groups is 1. The van der Waals surface area contributed by atoms with Gasteiger partial charge in [-0.1, -0.05) is 48.4 Å². The molecule has 0 bridgehead atoms. The number of nitrogens with zero attached hydrogens (tertiary/aromatic N) is 2. The Morgan fingerprint density at radius 2 is 1.53 bits per heavy atom. The molecule has 0 saturated carbocycles. The molecule has 8 heteroatoms. The van der Waals surface area contributed by atoms with Gasteiger partial charge in [0, 0.05) is 17.0 Å². The first-order valence-electron chi connectivity index (χ1n) is 9.71. The van der Waals surface area contributed by atoms with Crippen molar-refractivity contribution in [2.75, 3.05) is 11.4 Å². The van der Waals surface area contributed by atoms with Crippen molar-refractivity contribution in [1.82, 2.24) is 0 Å². The molecule has 0 aliphatic heterocycles. The van der Waals surface area contributed by atoms with Crippen molar-refractivity contribution < 1.29 is 22.0 Å². The van der Waals surface area contributed by atoms with E-state index in [0.29, 0.717) is 10.6 Å². The zero-order valence-corrected chi connectivity index (χ0v) is 18.3. The highest BCUT2D eigenvalue weighted by atomic mass is 32.1. The first-order chi connectivity index (χ1) is 16.3. The summed E-state index contributed by atoms with van der Waals surface area (Å²) in [6, 6.07) is 12.5. The fourth-order valence-electron chi connectivity index (χ4n) is 3.33. The highest BCUT2D eigenvalue weighted by Gasteiger charge is 2.30. The molecule has 0 amide bonds. The van der Waals surface area contributed by atoms with Crippen molar-refractivity contribution in [3.05, 3.63) is 101 Å². The number of hydrogen-bond donors (Lipinski definition) is 1. The first-order valence-corrected chi connectivity index (χ1v) is 10.2. The van der Waals surface area contributed by atoms with Crippen LogP contribution in [0.2, 0.25) is 0 Å². The van der Waals surface area contributed by atoms with Gasteiger partial charge >= 0.3 is 0 Å². The SMILES string of the molecule is C#C/C=C\C=C/CN(c1ccccc1S)c1c(C#N)cccc1-c1c(F)c(F)c(F)c(F)c1F. The standard InChI is InChI=1S/C26H15F5N2S/c1-2-3-4-5-8-14-33(18-12-6-7-13-19(18)34)26-16(15-32)10-9-11-17(26)20-21(27)23(29)25(31)24(30)22(20)28/h1,3-13,34H,14H2/b4-3-,8-5-. The minimum absolute atomic E-state index is 0.0492.